The number of carbonyl (C=O) groups is 1. The molecular weight excluding hydrogens is 215 g/mol. The molecular formula is C8H6F3NO3. The number of nitrogens with two attached hydrogens (primary N) is 1. The number of halogens is 3. The van der Waals surface area contributed by atoms with Gasteiger partial charge in [-0.05, 0) is 12.1 Å². The standard InChI is InChI=1S/C8H6F3NO3/c9-8(10,11)15-6-4(7(13)14)2-1-3-5(6)12/h1-3H,12H2,(H,13,14). The van der Waals surface area contributed by atoms with E-state index in [0.717, 1.165) is 12.1 Å². The Morgan fingerprint density at radius 2 is 2.00 bits per heavy atom. The summed E-state index contributed by atoms with van der Waals surface area (Å²) < 4.78 is 39.2. The maximum Gasteiger partial charge on any atom is 0.573 e. The predicted octanol–water partition coefficient (Wildman–Crippen LogP) is 1.87. The summed E-state index contributed by atoms with van der Waals surface area (Å²) in [6.07, 6.45) is -4.97. The third-order valence-electron chi connectivity index (χ3n) is 1.49. The van der Waals surface area contributed by atoms with Gasteiger partial charge >= 0.3 is 12.3 Å². The zero-order chi connectivity index (χ0) is 11.6. The van der Waals surface area contributed by atoms with E-state index in [-0.39, 0.29) is 5.69 Å². The number of rotatable bonds is 2. The van der Waals surface area contributed by atoms with Gasteiger partial charge < -0.3 is 15.6 Å². The normalized spacial score (nSPS) is 11.1. The molecule has 0 spiro atoms. The lowest BCUT2D eigenvalue weighted by Gasteiger charge is -2.12. The number of ether oxygens (including phenoxy) is 1. The molecule has 3 N–H and O–H groups in total. The molecule has 0 saturated heterocycles. The smallest absolute Gasteiger partial charge is 0.478 e. The molecule has 0 amide bonds. The molecule has 82 valence electrons. The van der Waals surface area contributed by atoms with Crippen molar-refractivity contribution in [2.45, 2.75) is 6.36 Å². The average molecular weight is 221 g/mol. The van der Waals surface area contributed by atoms with Gasteiger partial charge in [0.1, 0.15) is 5.56 Å². The summed E-state index contributed by atoms with van der Waals surface area (Å²) in [5.74, 6) is -2.43. The Labute approximate surface area is 82.1 Å². The van der Waals surface area contributed by atoms with Gasteiger partial charge in [-0.2, -0.15) is 0 Å². The molecule has 7 heteroatoms. The van der Waals surface area contributed by atoms with Crippen molar-refractivity contribution in [1.29, 1.82) is 0 Å². The first-order valence-electron chi connectivity index (χ1n) is 3.69. The number of benzene rings is 1. The number of aromatic carboxylic acids is 1. The lowest BCUT2D eigenvalue weighted by atomic mass is 10.2. The van der Waals surface area contributed by atoms with Crippen LogP contribution in [-0.4, -0.2) is 17.4 Å². The van der Waals surface area contributed by atoms with E-state index < -0.39 is 23.6 Å². The van der Waals surface area contributed by atoms with Crippen molar-refractivity contribution in [3.63, 3.8) is 0 Å². The molecule has 0 radical (unpaired) electrons. The van der Waals surface area contributed by atoms with Gasteiger partial charge in [-0.1, -0.05) is 6.07 Å². The van der Waals surface area contributed by atoms with E-state index in [0.29, 0.717) is 0 Å². The summed E-state index contributed by atoms with van der Waals surface area (Å²) in [5, 5.41) is 8.58. The molecule has 4 nitrogen and oxygen atoms in total. The van der Waals surface area contributed by atoms with Crippen molar-refractivity contribution in [1.82, 2.24) is 0 Å². The summed E-state index contributed by atoms with van der Waals surface area (Å²) in [6, 6.07) is 3.31. The molecule has 0 aliphatic carbocycles. The number of hydrogen-bond acceptors (Lipinski definition) is 3. The van der Waals surface area contributed by atoms with Gasteiger partial charge in [0, 0.05) is 0 Å². The fraction of sp³-hybridized carbons (Fsp3) is 0.125. The second-order valence-electron chi connectivity index (χ2n) is 2.58. The van der Waals surface area contributed by atoms with Gasteiger partial charge in [-0.25, -0.2) is 4.79 Å². The lowest BCUT2D eigenvalue weighted by Crippen LogP contribution is -2.20. The number of para-hydroxylation sites is 1. The van der Waals surface area contributed by atoms with Crippen LogP contribution in [0.5, 0.6) is 5.75 Å². The van der Waals surface area contributed by atoms with Crippen LogP contribution >= 0.6 is 0 Å². The predicted molar refractivity (Wildman–Crippen MR) is 44.5 cm³/mol. The Bertz CT molecular complexity index is 389. The maximum absolute atomic E-state index is 11.9. The van der Waals surface area contributed by atoms with E-state index in [1.165, 1.54) is 6.07 Å². The Balaban J connectivity index is 3.19. The average Bonchev–Trinajstić information content (AvgIpc) is 2.05. The highest BCUT2D eigenvalue weighted by atomic mass is 19.4. The monoisotopic (exact) mass is 221 g/mol. The molecule has 0 fully saturated rings. The van der Waals surface area contributed by atoms with Gasteiger partial charge in [-0.15, -0.1) is 13.2 Å². The Kier molecular flexibility index (Phi) is 2.74. The molecule has 1 aromatic rings. The fourth-order valence-corrected chi connectivity index (χ4v) is 0.953. The summed E-state index contributed by atoms with van der Waals surface area (Å²) in [7, 11) is 0. The topological polar surface area (TPSA) is 72.6 Å². The number of hydrogen-bond donors (Lipinski definition) is 2. The highest BCUT2D eigenvalue weighted by Gasteiger charge is 2.33. The molecule has 0 aromatic heterocycles. The lowest BCUT2D eigenvalue weighted by molar-refractivity contribution is -0.274. The second-order valence-corrected chi connectivity index (χ2v) is 2.58. The fourth-order valence-electron chi connectivity index (χ4n) is 0.953. The maximum atomic E-state index is 11.9. The second kappa shape index (κ2) is 3.68. The van der Waals surface area contributed by atoms with Gasteiger partial charge in [0.15, 0.2) is 5.75 Å². The summed E-state index contributed by atoms with van der Waals surface area (Å²) in [6.45, 7) is 0. The largest absolute Gasteiger partial charge is 0.573 e. The van der Waals surface area contributed by atoms with E-state index in [2.05, 4.69) is 4.74 Å². The Hall–Kier alpha value is -1.92. The molecule has 0 aliphatic rings. The minimum atomic E-state index is -4.97. The van der Waals surface area contributed by atoms with Crippen LogP contribution in [0.4, 0.5) is 18.9 Å². The van der Waals surface area contributed by atoms with Gasteiger partial charge in [0.2, 0.25) is 0 Å². The number of nitrogen functional groups attached to an aromatic ring is 1. The van der Waals surface area contributed by atoms with Gasteiger partial charge in [0.05, 0.1) is 5.69 Å². The summed E-state index contributed by atoms with van der Waals surface area (Å²) >= 11 is 0. The SMILES string of the molecule is Nc1cccc(C(=O)O)c1OC(F)(F)F. The zero-order valence-electron chi connectivity index (χ0n) is 7.21. The number of anilines is 1. The van der Waals surface area contributed by atoms with E-state index in [1.807, 2.05) is 0 Å². The molecule has 15 heavy (non-hydrogen) atoms. The van der Waals surface area contributed by atoms with E-state index in [9.17, 15) is 18.0 Å². The number of carboxylic acids is 1. The van der Waals surface area contributed by atoms with Crippen LogP contribution in [0, 0.1) is 0 Å². The highest BCUT2D eigenvalue weighted by Crippen LogP contribution is 2.31. The quantitative estimate of drug-likeness (QED) is 0.747. The zero-order valence-corrected chi connectivity index (χ0v) is 7.21. The molecule has 0 unspecified atom stereocenters. The van der Waals surface area contributed by atoms with E-state index in [1.54, 1.807) is 0 Å². The van der Waals surface area contributed by atoms with E-state index >= 15 is 0 Å². The first-order valence-corrected chi connectivity index (χ1v) is 3.69. The number of alkyl halides is 3. The van der Waals surface area contributed by atoms with Crippen LogP contribution in [0.25, 0.3) is 0 Å². The van der Waals surface area contributed by atoms with Crippen molar-refractivity contribution < 1.29 is 27.8 Å². The number of carboxylic acid groups (broad SMARTS) is 1. The van der Waals surface area contributed by atoms with Crippen LogP contribution in [0.15, 0.2) is 18.2 Å². The van der Waals surface area contributed by atoms with Crippen molar-refractivity contribution in [2.24, 2.45) is 0 Å². The first-order chi connectivity index (χ1) is 6.81. The summed E-state index contributed by atoms with van der Waals surface area (Å²) in [4.78, 5) is 10.6. The molecule has 1 rings (SSSR count). The third-order valence-corrected chi connectivity index (χ3v) is 1.49. The van der Waals surface area contributed by atoms with Crippen molar-refractivity contribution in [3.8, 4) is 5.75 Å². The molecule has 0 saturated carbocycles. The molecule has 0 aliphatic heterocycles. The minimum Gasteiger partial charge on any atom is -0.478 e. The van der Waals surface area contributed by atoms with E-state index in [4.69, 9.17) is 10.8 Å². The van der Waals surface area contributed by atoms with Crippen LogP contribution in [0.1, 0.15) is 10.4 Å². The van der Waals surface area contributed by atoms with Crippen LogP contribution in [-0.2, 0) is 0 Å². The minimum absolute atomic E-state index is 0.382. The Morgan fingerprint density at radius 1 is 1.40 bits per heavy atom. The van der Waals surface area contributed by atoms with Gasteiger partial charge in [0.25, 0.3) is 0 Å². The molecule has 0 atom stereocenters. The Morgan fingerprint density at radius 3 is 2.47 bits per heavy atom. The highest BCUT2D eigenvalue weighted by molar-refractivity contribution is 5.93. The van der Waals surface area contributed by atoms with Crippen molar-refractivity contribution in [3.05, 3.63) is 23.8 Å². The van der Waals surface area contributed by atoms with Gasteiger partial charge in [-0.3, -0.25) is 0 Å². The summed E-state index contributed by atoms with van der Waals surface area (Å²) in [5.41, 5.74) is 4.16. The molecule has 0 heterocycles. The molecule has 0 bridgehead atoms. The van der Waals surface area contributed by atoms with Crippen molar-refractivity contribution in [2.75, 3.05) is 5.73 Å². The van der Waals surface area contributed by atoms with Crippen LogP contribution < -0.4 is 10.5 Å². The van der Waals surface area contributed by atoms with Crippen LogP contribution in [0.3, 0.4) is 0 Å². The van der Waals surface area contributed by atoms with Crippen molar-refractivity contribution >= 4 is 11.7 Å². The molecule has 1 aromatic carbocycles. The van der Waals surface area contributed by atoms with Crippen LogP contribution in [0.2, 0.25) is 0 Å². The third kappa shape index (κ3) is 2.76. The first kappa shape index (κ1) is 11.2.